The number of ether oxygens (including phenoxy) is 3. The Hall–Kier alpha value is -7.48. The number of aliphatic hydroxyl groups is 1. The number of hydrogen-bond donors (Lipinski definition) is 5. The number of fused-ring (bicyclic) bond motifs is 1. The van der Waals surface area contributed by atoms with Gasteiger partial charge in [-0.1, -0.05) is 64.3 Å². The summed E-state index contributed by atoms with van der Waals surface area (Å²) in [5.41, 5.74) is 5.56. The number of nitrogens with one attached hydrogen (secondary N) is 4. The number of hydrogen-bond acceptors (Lipinski definition) is 13. The molecule has 3 aliphatic rings. The Labute approximate surface area is 476 Å². The number of piperidine rings is 1. The van der Waals surface area contributed by atoms with Crippen molar-refractivity contribution in [2.75, 3.05) is 48.9 Å². The van der Waals surface area contributed by atoms with Crippen LogP contribution in [0.5, 0.6) is 17.2 Å². The molecule has 428 valence electrons. The van der Waals surface area contributed by atoms with Crippen LogP contribution in [0.1, 0.15) is 103 Å². The summed E-state index contributed by atoms with van der Waals surface area (Å²) in [6, 6.07) is 24.3. The number of β-amino-alcohol motifs (C(OH)–C–C–N with tert-alkyl or cyclic N) is 1. The Balaban J connectivity index is 0.669. The first kappa shape index (κ1) is 58.2. The molecule has 6 aromatic rings. The number of unbranched alkanes of at least 4 members (excludes halogenated alkanes) is 4. The molecular weight excluding hydrogens is 1050 g/mol. The fourth-order valence-corrected chi connectivity index (χ4v) is 11.3. The molecule has 2 aliphatic heterocycles. The van der Waals surface area contributed by atoms with Gasteiger partial charge < -0.3 is 50.4 Å². The van der Waals surface area contributed by atoms with Crippen molar-refractivity contribution in [3.05, 3.63) is 120 Å². The average molecular weight is 1130 g/mol. The third kappa shape index (κ3) is 14.5. The summed E-state index contributed by atoms with van der Waals surface area (Å²) in [7, 11) is 1.65. The normalized spacial score (nSPS) is 17.3. The Kier molecular flexibility index (Phi) is 18.7. The maximum Gasteiger partial charge on any atom is 0.246 e. The van der Waals surface area contributed by atoms with E-state index in [1.54, 1.807) is 55.0 Å². The summed E-state index contributed by atoms with van der Waals surface area (Å²) < 4.78 is 31.9. The Morgan fingerprint density at radius 3 is 2.15 bits per heavy atom. The molecule has 0 bridgehead atoms. The highest BCUT2D eigenvalue weighted by atomic mass is 32.1. The lowest BCUT2D eigenvalue weighted by atomic mass is 9.85. The number of pyridine rings is 1. The summed E-state index contributed by atoms with van der Waals surface area (Å²) in [6.07, 6.45) is 8.36. The highest BCUT2D eigenvalue weighted by molar-refractivity contribution is 7.13. The maximum atomic E-state index is 14.1. The molecule has 1 saturated carbocycles. The lowest BCUT2D eigenvalue weighted by Crippen LogP contribution is -2.57. The van der Waals surface area contributed by atoms with Crippen molar-refractivity contribution in [1.82, 2.24) is 25.5 Å². The number of rotatable bonds is 23. The summed E-state index contributed by atoms with van der Waals surface area (Å²) in [6.45, 7) is 10.2. The molecule has 9 rings (SSSR count). The molecule has 3 atom stereocenters. The minimum Gasteiger partial charge on any atom is -0.495 e. The van der Waals surface area contributed by atoms with E-state index in [1.807, 2.05) is 69.6 Å². The molecule has 5 amide bonds. The van der Waals surface area contributed by atoms with Gasteiger partial charge in [0, 0.05) is 68.6 Å². The van der Waals surface area contributed by atoms with Crippen molar-refractivity contribution >= 4 is 68.8 Å². The number of aromatic nitrogens is 2. The van der Waals surface area contributed by atoms with Crippen LogP contribution in [0.25, 0.3) is 21.3 Å². The van der Waals surface area contributed by atoms with E-state index in [0.29, 0.717) is 54.5 Å². The van der Waals surface area contributed by atoms with Crippen LogP contribution in [-0.4, -0.2) is 107 Å². The maximum absolute atomic E-state index is 14.1. The van der Waals surface area contributed by atoms with E-state index in [9.17, 15) is 33.5 Å². The zero-order valence-corrected chi connectivity index (χ0v) is 47.5. The van der Waals surface area contributed by atoms with E-state index < -0.39 is 46.6 Å². The van der Waals surface area contributed by atoms with Crippen LogP contribution in [0.4, 0.5) is 21.5 Å². The highest BCUT2D eigenvalue weighted by Gasteiger charge is 2.56. The predicted octanol–water partition coefficient (Wildman–Crippen LogP) is 10.1. The number of carbonyl (C=O) groups excluding carboxylic acids is 5. The molecule has 0 radical (unpaired) electrons. The number of anilines is 3. The fraction of sp³-hybridized carbons (Fsp3) is 0.435. The summed E-state index contributed by atoms with van der Waals surface area (Å²) >= 11 is 1.58. The standard InChI is InChI=1S/C62H73FN8O9S/c1-39-55(81-38-66-39)41-14-12-40(13-15-41)36-65-57(74)51-33-45(72)37-71(51)58(75)56(61(2,3)4)69-54(73)11-9-7-6-8-10-32-79-46-25-30-70(31-26-46)50-35-49-48(34-53(50)78-5)52(24-29-64-49)80-47-22-20-44(21-23-47)68-60(77)62(27-28-62)59(76)67-43-18-16-42(63)17-19-43/h12-24,29,34-35,38,45-46,51,56,72H,6-11,25-28,30-33,36-37H2,1-5H3,(H,65,74)(H,67,76)(H,68,77)(H,69,73)/t45-,51+,56-/m1/s1. The number of halogens is 1. The number of benzene rings is 4. The van der Waals surface area contributed by atoms with Gasteiger partial charge in [-0.05, 0) is 129 Å². The molecule has 4 heterocycles. The van der Waals surface area contributed by atoms with Gasteiger partial charge in [0.05, 0.1) is 46.6 Å². The molecule has 17 nitrogen and oxygen atoms in total. The molecular formula is C62H73FN8O9S. The summed E-state index contributed by atoms with van der Waals surface area (Å²) in [5, 5.41) is 22.9. The van der Waals surface area contributed by atoms with Gasteiger partial charge in [-0.2, -0.15) is 0 Å². The molecule has 19 heteroatoms. The number of methoxy groups -OCH3 is 1. The first-order chi connectivity index (χ1) is 39.0. The molecule has 1 aliphatic carbocycles. The van der Waals surface area contributed by atoms with Crippen LogP contribution < -0.4 is 35.6 Å². The van der Waals surface area contributed by atoms with Gasteiger partial charge in [0.1, 0.15) is 40.6 Å². The Bertz CT molecular complexity index is 3170. The SMILES string of the molecule is COc1cc2c(Oc3ccc(NC(=O)C4(C(=O)Nc5ccc(F)cc5)CC4)cc3)ccnc2cc1N1CCC(OCCCCCCCC(=O)N[C@H](C(=O)N2C[C@H](O)C[C@H]2C(=O)NCc2ccc(-c3scnc3C)cc2)C(C)(C)C)CC1. The van der Waals surface area contributed by atoms with Gasteiger partial charge >= 0.3 is 0 Å². The van der Waals surface area contributed by atoms with Crippen LogP contribution in [0.15, 0.2) is 103 Å². The number of aryl methyl sites for hydroxylation is 1. The van der Waals surface area contributed by atoms with Crippen LogP contribution in [-0.2, 0) is 35.3 Å². The second kappa shape index (κ2) is 26.0. The number of aliphatic hydroxyl groups excluding tert-OH is 1. The minimum atomic E-state index is -1.18. The second-order valence-corrected chi connectivity index (χ2v) is 23.3. The third-order valence-corrected chi connectivity index (χ3v) is 16.4. The lowest BCUT2D eigenvalue weighted by Gasteiger charge is -2.35. The van der Waals surface area contributed by atoms with Crippen molar-refractivity contribution in [3.63, 3.8) is 0 Å². The molecule has 81 heavy (non-hydrogen) atoms. The molecule has 4 aromatic carbocycles. The number of amides is 5. The first-order valence-corrected chi connectivity index (χ1v) is 28.9. The highest BCUT2D eigenvalue weighted by Crippen LogP contribution is 2.48. The van der Waals surface area contributed by atoms with Gasteiger partial charge in [-0.15, -0.1) is 11.3 Å². The Morgan fingerprint density at radius 2 is 1.51 bits per heavy atom. The molecule has 5 N–H and O–H groups in total. The zero-order valence-electron chi connectivity index (χ0n) is 46.7. The van der Waals surface area contributed by atoms with E-state index in [-0.39, 0.29) is 49.8 Å². The van der Waals surface area contributed by atoms with E-state index in [0.717, 1.165) is 89.9 Å². The smallest absolute Gasteiger partial charge is 0.246 e. The average Bonchev–Trinajstić information content (AvgIpc) is 4.28. The van der Waals surface area contributed by atoms with Crippen LogP contribution in [0.3, 0.4) is 0 Å². The van der Waals surface area contributed by atoms with Crippen molar-refractivity contribution in [1.29, 1.82) is 0 Å². The van der Waals surface area contributed by atoms with E-state index in [1.165, 1.54) is 29.2 Å². The topological polar surface area (TPSA) is 214 Å². The van der Waals surface area contributed by atoms with E-state index in [2.05, 4.69) is 36.1 Å². The molecule has 2 saturated heterocycles. The second-order valence-electron chi connectivity index (χ2n) is 22.5. The number of thiazole rings is 1. The van der Waals surface area contributed by atoms with Gasteiger partial charge in [0.25, 0.3) is 0 Å². The van der Waals surface area contributed by atoms with Crippen molar-refractivity contribution in [2.24, 2.45) is 10.8 Å². The largest absolute Gasteiger partial charge is 0.495 e. The van der Waals surface area contributed by atoms with Gasteiger partial charge in [-0.3, -0.25) is 29.0 Å². The molecule has 3 fully saturated rings. The molecule has 0 spiro atoms. The number of likely N-dealkylation sites (tertiary alicyclic amines) is 1. The van der Waals surface area contributed by atoms with Crippen LogP contribution in [0.2, 0.25) is 0 Å². The third-order valence-electron chi connectivity index (χ3n) is 15.5. The fourth-order valence-electron chi connectivity index (χ4n) is 10.5. The van der Waals surface area contributed by atoms with Crippen LogP contribution >= 0.6 is 11.3 Å². The summed E-state index contributed by atoms with van der Waals surface area (Å²) in [5.74, 6) is -0.343. The van der Waals surface area contributed by atoms with Gasteiger partial charge in [-0.25, -0.2) is 9.37 Å². The van der Waals surface area contributed by atoms with Crippen LogP contribution in [0, 0.1) is 23.6 Å². The monoisotopic (exact) mass is 1120 g/mol. The van der Waals surface area contributed by atoms with Crippen molar-refractivity contribution in [3.8, 4) is 27.7 Å². The Morgan fingerprint density at radius 1 is 0.840 bits per heavy atom. The molecule has 2 aromatic heterocycles. The minimum absolute atomic E-state index is 0.0198. The summed E-state index contributed by atoms with van der Waals surface area (Å²) in [4.78, 5) is 81.0. The van der Waals surface area contributed by atoms with Gasteiger partial charge in [0.15, 0.2) is 0 Å². The zero-order chi connectivity index (χ0) is 57.3. The van der Waals surface area contributed by atoms with Crippen molar-refractivity contribution < 1.29 is 47.7 Å². The predicted molar refractivity (Wildman–Crippen MR) is 311 cm³/mol. The number of nitrogens with zero attached hydrogens (tertiary/aromatic N) is 4. The van der Waals surface area contributed by atoms with E-state index in [4.69, 9.17) is 14.2 Å². The first-order valence-electron chi connectivity index (χ1n) is 28.0. The number of carbonyl (C=O) groups is 5. The van der Waals surface area contributed by atoms with E-state index >= 15 is 0 Å². The van der Waals surface area contributed by atoms with Gasteiger partial charge in [0.2, 0.25) is 29.5 Å². The van der Waals surface area contributed by atoms with Crippen molar-refractivity contribution in [2.45, 2.75) is 129 Å². The quantitative estimate of drug-likeness (QED) is 0.0300. The lowest BCUT2D eigenvalue weighted by molar-refractivity contribution is -0.144. The molecule has 0 unspecified atom stereocenters.